The standard InChI is InChI=1S/C32H18BrN3O/c33-19-13-16-29-27(17-19)31-34-28-11-5-6-12-30(28)36(31)32(37)35(29)20-14-15-25-23-9-2-1-7-21(23)22-8-3-4-10-24(22)26(25)18-20/h1-18H. The van der Waals surface area contributed by atoms with Crippen LogP contribution >= 0.6 is 15.9 Å². The molecule has 0 aliphatic rings. The average Bonchev–Trinajstić information content (AvgIpc) is 3.34. The highest BCUT2D eigenvalue weighted by molar-refractivity contribution is 9.10. The van der Waals surface area contributed by atoms with Gasteiger partial charge in [-0.3, -0.25) is 4.57 Å². The van der Waals surface area contributed by atoms with Gasteiger partial charge in [0.05, 0.1) is 22.2 Å². The number of aromatic nitrogens is 3. The molecule has 0 N–H and O–H groups in total. The molecule has 0 bridgehead atoms. The van der Waals surface area contributed by atoms with Crippen molar-refractivity contribution in [2.24, 2.45) is 0 Å². The first-order valence-electron chi connectivity index (χ1n) is 12.1. The lowest BCUT2D eigenvalue weighted by atomic mass is 9.94. The van der Waals surface area contributed by atoms with Gasteiger partial charge in [0, 0.05) is 9.86 Å². The van der Waals surface area contributed by atoms with Gasteiger partial charge in [-0.2, -0.15) is 0 Å². The van der Waals surface area contributed by atoms with Crippen LogP contribution in [0.3, 0.4) is 0 Å². The summed E-state index contributed by atoms with van der Waals surface area (Å²) in [7, 11) is 0. The molecular weight excluding hydrogens is 522 g/mol. The predicted octanol–water partition coefficient (Wildman–Crippen LogP) is 8.01. The fraction of sp³-hybridized carbons (Fsp3) is 0. The van der Waals surface area contributed by atoms with E-state index in [1.54, 1.807) is 4.40 Å². The Hall–Kier alpha value is -4.48. The van der Waals surface area contributed by atoms with E-state index in [1.807, 2.05) is 47.0 Å². The number of rotatable bonds is 1. The van der Waals surface area contributed by atoms with Crippen LogP contribution < -0.4 is 5.69 Å². The molecular formula is C32H18BrN3O. The minimum absolute atomic E-state index is 0.136. The van der Waals surface area contributed by atoms with Crippen molar-refractivity contribution in [2.45, 2.75) is 0 Å². The first-order valence-corrected chi connectivity index (χ1v) is 12.9. The lowest BCUT2D eigenvalue weighted by molar-refractivity contribution is 0.933. The van der Waals surface area contributed by atoms with Crippen molar-refractivity contribution in [1.29, 1.82) is 0 Å². The number of halogens is 1. The van der Waals surface area contributed by atoms with Crippen molar-refractivity contribution in [2.75, 3.05) is 0 Å². The van der Waals surface area contributed by atoms with Crippen LogP contribution in [0.15, 0.2) is 118 Å². The summed E-state index contributed by atoms with van der Waals surface area (Å²) >= 11 is 3.62. The molecule has 8 rings (SSSR count). The molecule has 0 aliphatic carbocycles. The van der Waals surface area contributed by atoms with E-state index in [1.165, 1.54) is 26.9 Å². The third-order valence-electron chi connectivity index (χ3n) is 7.37. The Labute approximate surface area is 219 Å². The smallest absolute Gasteiger partial charge is 0.262 e. The second-order valence-electron chi connectivity index (χ2n) is 9.36. The van der Waals surface area contributed by atoms with Crippen molar-refractivity contribution in [3.8, 4) is 5.69 Å². The minimum Gasteiger partial charge on any atom is -0.262 e. The Bertz CT molecular complexity index is 2260. The zero-order chi connectivity index (χ0) is 24.7. The largest absolute Gasteiger partial charge is 0.339 e. The minimum atomic E-state index is -0.136. The quantitative estimate of drug-likeness (QED) is 0.198. The second kappa shape index (κ2) is 7.51. The van der Waals surface area contributed by atoms with Crippen LogP contribution in [-0.4, -0.2) is 14.0 Å². The third-order valence-corrected chi connectivity index (χ3v) is 7.86. The molecule has 0 radical (unpaired) electrons. The van der Waals surface area contributed by atoms with Crippen molar-refractivity contribution in [3.63, 3.8) is 0 Å². The molecule has 0 fully saturated rings. The lowest BCUT2D eigenvalue weighted by Gasteiger charge is -2.15. The fourth-order valence-corrected chi connectivity index (χ4v) is 6.13. The molecule has 0 amide bonds. The topological polar surface area (TPSA) is 39.3 Å². The Morgan fingerprint density at radius 2 is 1.19 bits per heavy atom. The molecule has 2 heterocycles. The summed E-state index contributed by atoms with van der Waals surface area (Å²) < 4.78 is 4.48. The summed E-state index contributed by atoms with van der Waals surface area (Å²) in [5.41, 5.74) is 3.77. The maximum atomic E-state index is 14.2. The number of benzene rings is 6. The molecule has 0 saturated carbocycles. The van der Waals surface area contributed by atoms with Crippen molar-refractivity contribution in [3.05, 3.63) is 124 Å². The Balaban J connectivity index is 1.56. The van der Waals surface area contributed by atoms with Gasteiger partial charge in [-0.05, 0) is 74.8 Å². The molecule has 0 spiro atoms. The van der Waals surface area contributed by atoms with Gasteiger partial charge in [0.2, 0.25) is 0 Å². The average molecular weight is 540 g/mol. The number of nitrogens with zero attached hydrogens (tertiary/aromatic N) is 3. The molecule has 37 heavy (non-hydrogen) atoms. The Kier molecular flexibility index (Phi) is 4.20. The van der Waals surface area contributed by atoms with Gasteiger partial charge in [-0.25, -0.2) is 14.2 Å². The van der Waals surface area contributed by atoms with Crippen LogP contribution in [0, 0.1) is 0 Å². The summed E-state index contributed by atoms with van der Waals surface area (Å²) in [5, 5.41) is 8.03. The predicted molar refractivity (Wildman–Crippen MR) is 156 cm³/mol. The Morgan fingerprint density at radius 3 is 1.92 bits per heavy atom. The second-order valence-corrected chi connectivity index (χ2v) is 10.3. The van der Waals surface area contributed by atoms with E-state index in [9.17, 15) is 4.79 Å². The molecule has 6 aromatic carbocycles. The van der Waals surface area contributed by atoms with Crippen LogP contribution in [0.25, 0.3) is 65.6 Å². The maximum Gasteiger partial charge on any atom is 0.339 e. The van der Waals surface area contributed by atoms with Crippen molar-refractivity contribution >= 4 is 75.8 Å². The first kappa shape index (κ1) is 20.7. The molecule has 0 aliphatic heterocycles. The molecule has 4 nitrogen and oxygen atoms in total. The molecule has 0 atom stereocenters. The van der Waals surface area contributed by atoms with E-state index in [0.717, 1.165) is 37.5 Å². The number of imidazole rings is 1. The van der Waals surface area contributed by atoms with Gasteiger partial charge >= 0.3 is 5.69 Å². The Morgan fingerprint density at radius 1 is 0.568 bits per heavy atom. The summed E-state index contributed by atoms with van der Waals surface area (Å²) in [5.74, 6) is 0. The monoisotopic (exact) mass is 539 g/mol. The van der Waals surface area contributed by atoms with Gasteiger partial charge in [-0.15, -0.1) is 0 Å². The van der Waals surface area contributed by atoms with Crippen LogP contribution in [0.5, 0.6) is 0 Å². The zero-order valence-corrected chi connectivity index (χ0v) is 21.1. The highest BCUT2D eigenvalue weighted by atomic mass is 79.9. The van der Waals surface area contributed by atoms with E-state index in [2.05, 4.69) is 82.7 Å². The number of fused-ring (bicyclic) bond motifs is 11. The van der Waals surface area contributed by atoms with E-state index in [-0.39, 0.29) is 5.69 Å². The SMILES string of the molecule is O=c1n(-c2ccc3c4ccccc4c4ccccc4c3c2)c2ccc(Br)cc2c2nc3ccccc3n12. The molecule has 5 heteroatoms. The number of para-hydroxylation sites is 2. The number of hydrogen-bond donors (Lipinski definition) is 0. The summed E-state index contributed by atoms with van der Waals surface area (Å²) in [6, 6.07) is 37.2. The van der Waals surface area contributed by atoms with Crippen LogP contribution in [0.1, 0.15) is 0 Å². The highest BCUT2D eigenvalue weighted by Crippen LogP contribution is 2.36. The summed E-state index contributed by atoms with van der Waals surface area (Å²) in [6.07, 6.45) is 0. The van der Waals surface area contributed by atoms with Crippen LogP contribution in [0.4, 0.5) is 0 Å². The molecule has 0 saturated heterocycles. The highest BCUT2D eigenvalue weighted by Gasteiger charge is 2.18. The molecule has 2 aromatic heterocycles. The zero-order valence-electron chi connectivity index (χ0n) is 19.5. The normalized spacial score (nSPS) is 12.0. The molecule has 0 unspecified atom stereocenters. The molecule has 174 valence electrons. The van der Waals surface area contributed by atoms with Crippen molar-refractivity contribution in [1.82, 2.24) is 14.0 Å². The van der Waals surface area contributed by atoms with E-state index < -0.39 is 0 Å². The van der Waals surface area contributed by atoms with Gasteiger partial charge in [0.15, 0.2) is 5.65 Å². The fourth-order valence-electron chi connectivity index (χ4n) is 5.77. The maximum absolute atomic E-state index is 14.2. The lowest BCUT2D eigenvalue weighted by Crippen LogP contribution is -2.25. The van der Waals surface area contributed by atoms with Gasteiger partial charge in [0.1, 0.15) is 0 Å². The summed E-state index contributed by atoms with van der Waals surface area (Å²) in [6.45, 7) is 0. The van der Waals surface area contributed by atoms with Crippen LogP contribution in [0.2, 0.25) is 0 Å². The first-order chi connectivity index (χ1) is 18.2. The molecule has 8 aromatic rings. The third kappa shape index (κ3) is 2.83. The van der Waals surface area contributed by atoms with Gasteiger partial charge < -0.3 is 0 Å². The van der Waals surface area contributed by atoms with Crippen molar-refractivity contribution < 1.29 is 0 Å². The van der Waals surface area contributed by atoms with E-state index in [0.29, 0.717) is 5.65 Å². The van der Waals surface area contributed by atoms with E-state index >= 15 is 0 Å². The van der Waals surface area contributed by atoms with E-state index in [4.69, 9.17) is 4.98 Å². The van der Waals surface area contributed by atoms with Gasteiger partial charge in [0.25, 0.3) is 0 Å². The van der Waals surface area contributed by atoms with Crippen LogP contribution in [-0.2, 0) is 0 Å². The van der Waals surface area contributed by atoms with Gasteiger partial charge in [-0.1, -0.05) is 82.7 Å². The summed E-state index contributed by atoms with van der Waals surface area (Å²) in [4.78, 5) is 19.0. The number of hydrogen-bond acceptors (Lipinski definition) is 2.